The topological polar surface area (TPSA) is 114 Å². The number of aliphatic hydroxyl groups is 2. The summed E-state index contributed by atoms with van der Waals surface area (Å²) in [6.45, 7) is 6.31. The summed E-state index contributed by atoms with van der Waals surface area (Å²) in [6.07, 6.45) is 1.81. The number of hydrogen-bond acceptors (Lipinski definition) is 6. The molecule has 0 bridgehead atoms. The van der Waals surface area contributed by atoms with Crippen molar-refractivity contribution in [2.24, 2.45) is 0 Å². The summed E-state index contributed by atoms with van der Waals surface area (Å²) in [5, 5.41) is 39.7. The fourth-order valence-electron chi connectivity index (χ4n) is 1.14. The van der Waals surface area contributed by atoms with Crippen LogP contribution in [0.2, 0.25) is 0 Å². The first-order valence-electron chi connectivity index (χ1n) is 7.40. The third-order valence-corrected chi connectivity index (χ3v) is 3.23. The first kappa shape index (κ1) is 22.2. The van der Waals surface area contributed by atoms with Crippen LogP contribution in [0.5, 0.6) is 0 Å². The molecule has 1 aromatic carbocycles. The second-order valence-corrected chi connectivity index (χ2v) is 6.05. The van der Waals surface area contributed by atoms with E-state index in [-0.39, 0.29) is 0 Å². The molecular formula is C17H26BNO5. The lowest BCUT2D eigenvalue weighted by Gasteiger charge is -2.31. The van der Waals surface area contributed by atoms with Crippen molar-refractivity contribution in [1.82, 2.24) is 4.98 Å². The maximum absolute atomic E-state index is 9.10. The van der Waals surface area contributed by atoms with Gasteiger partial charge in [-0.2, -0.15) is 0 Å². The minimum Gasteiger partial charge on any atom is -0.402 e. The van der Waals surface area contributed by atoms with Crippen molar-refractivity contribution in [2.75, 3.05) is 0 Å². The maximum Gasteiger partial charge on any atom is 0.631 e. The first-order chi connectivity index (χ1) is 10.9. The van der Waals surface area contributed by atoms with E-state index >= 15 is 0 Å². The molecule has 2 rings (SSSR count). The van der Waals surface area contributed by atoms with Crippen LogP contribution in [0, 0.1) is 0 Å². The van der Waals surface area contributed by atoms with Crippen molar-refractivity contribution < 1.29 is 25.3 Å². The Morgan fingerprint density at radius 1 is 0.750 bits per heavy atom. The van der Waals surface area contributed by atoms with Gasteiger partial charge in [0.15, 0.2) is 0 Å². The van der Waals surface area contributed by atoms with Crippen LogP contribution in [0.15, 0.2) is 54.7 Å². The normalized spacial score (nSPS) is 10.7. The quantitative estimate of drug-likeness (QED) is 0.528. The van der Waals surface area contributed by atoms with Crippen LogP contribution in [-0.2, 0) is 0 Å². The van der Waals surface area contributed by atoms with Gasteiger partial charge in [-0.25, -0.2) is 0 Å². The largest absolute Gasteiger partial charge is 0.631 e. The molecule has 132 valence electrons. The van der Waals surface area contributed by atoms with Gasteiger partial charge in [0.25, 0.3) is 0 Å². The molecule has 0 saturated carbocycles. The van der Waals surface area contributed by atoms with Crippen molar-refractivity contribution in [1.29, 1.82) is 0 Å². The Bertz CT molecular complexity index is 498. The van der Waals surface area contributed by atoms with Gasteiger partial charge < -0.3 is 25.3 Å². The molecule has 2 aromatic rings. The number of aromatic nitrogens is 1. The van der Waals surface area contributed by atoms with Crippen LogP contribution >= 0.6 is 0 Å². The van der Waals surface area contributed by atoms with Gasteiger partial charge in [0.05, 0.1) is 16.9 Å². The van der Waals surface area contributed by atoms with E-state index in [1.165, 1.54) is 0 Å². The number of benzene rings is 1. The van der Waals surface area contributed by atoms with Crippen LogP contribution in [0.4, 0.5) is 0 Å². The summed E-state index contributed by atoms with van der Waals surface area (Å²) in [7, 11) is -2.17. The van der Waals surface area contributed by atoms with Crippen LogP contribution in [-0.4, -0.2) is 48.8 Å². The predicted octanol–water partition coefficient (Wildman–Crippen LogP) is 1.22. The van der Waals surface area contributed by atoms with Gasteiger partial charge in [-0.1, -0.05) is 36.4 Å². The molecule has 1 heterocycles. The number of nitrogens with zero attached hydrogens (tertiary/aromatic N) is 1. The summed E-state index contributed by atoms with van der Waals surface area (Å²) < 4.78 is 0. The predicted molar refractivity (Wildman–Crippen MR) is 94.7 cm³/mol. The highest BCUT2D eigenvalue weighted by molar-refractivity contribution is 6.30. The van der Waals surface area contributed by atoms with Crippen LogP contribution in [0.25, 0.3) is 11.3 Å². The number of rotatable bonds is 2. The molecule has 0 spiro atoms. The van der Waals surface area contributed by atoms with Crippen molar-refractivity contribution in [3.05, 3.63) is 54.7 Å². The van der Waals surface area contributed by atoms with E-state index in [2.05, 4.69) is 17.1 Å². The Labute approximate surface area is 143 Å². The third-order valence-electron chi connectivity index (χ3n) is 3.23. The molecule has 7 heteroatoms. The van der Waals surface area contributed by atoms with Crippen molar-refractivity contribution in [3.8, 4) is 11.3 Å². The van der Waals surface area contributed by atoms with E-state index in [9.17, 15) is 0 Å². The molecule has 1 aromatic heterocycles. The summed E-state index contributed by atoms with van der Waals surface area (Å²) in [5.41, 5.74) is 0.177. The lowest BCUT2D eigenvalue weighted by atomic mass is 9.90. The number of hydrogen-bond donors (Lipinski definition) is 5. The molecule has 0 aliphatic heterocycles. The van der Waals surface area contributed by atoms with E-state index in [4.69, 9.17) is 25.3 Å². The lowest BCUT2D eigenvalue weighted by molar-refractivity contribution is -0.107. The van der Waals surface area contributed by atoms with Gasteiger partial charge in [-0.3, -0.25) is 4.98 Å². The summed E-state index contributed by atoms with van der Waals surface area (Å²) in [6, 6.07) is 16.1. The summed E-state index contributed by atoms with van der Waals surface area (Å²) in [4.78, 5) is 4.25. The number of pyridine rings is 1. The molecule has 24 heavy (non-hydrogen) atoms. The summed E-state index contributed by atoms with van der Waals surface area (Å²) in [5.74, 6) is 0. The molecule has 0 aliphatic rings. The molecule has 0 saturated heterocycles. The zero-order valence-electron chi connectivity index (χ0n) is 14.5. The third kappa shape index (κ3) is 10.1. The van der Waals surface area contributed by atoms with Gasteiger partial charge in [0, 0.05) is 11.8 Å². The molecule has 0 radical (unpaired) electrons. The smallest absolute Gasteiger partial charge is 0.402 e. The molecule has 6 nitrogen and oxygen atoms in total. The summed E-state index contributed by atoms with van der Waals surface area (Å²) >= 11 is 0. The molecule has 5 N–H and O–H groups in total. The SMILES string of the molecule is CC(C)(O)C(C)(C)O.OB(O)O.c1ccc(-c2ccccn2)cc1. The Morgan fingerprint density at radius 2 is 1.17 bits per heavy atom. The van der Waals surface area contributed by atoms with Crippen LogP contribution < -0.4 is 0 Å². The molecule has 0 unspecified atom stereocenters. The second kappa shape index (κ2) is 10.2. The fourth-order valence-corrected chi connectivity index (χ4v) is 1.14. The average molecular weight is 335 g/mol. The zero-order valence-corrected chi connectivity index (χ0v) is 14.5. The van der Waals surface area contributed by atoms with Gasteiger partial charge in [0.2, 0.25) is 0 Å². The Hall–Kier alpha value is -1.77. The van der Waals surface area contributed by atoms with E-state index in [0.717, 1.165) is 11.3 Å². The molecule has 0 amide bonds. The minimum absolute atomic E-state index is 1.01. The van der Waals surface area contributed by atoms with Crippen molar-refractivity contribution in [2.45, 2.75) is 38.9 Å². The van der Waals surface area contributed by atoms with Gasteiger partial charge in [-0.05, 0) is 39.8 Å². The fraction of sp³-hybridized carbons (Fsp3) is 0.353. The molecule has 0 aliphatic carbocycles. The van der Waals surface area contributed by atoms with Crippen molar-refractivity contribution >= 4 is 7.32 Å². The highest BCUT2D eigenvalue weighted by Crippen LogP contribution is 2.19. The second-order valence-electron chi connectivity index (χ2n) is 6.05. The standard InChI is InChI=1S/C11H9N.C6H14O2.BH3O3/c1-2-6-10(7-3-1)11-8-4-5-9-12-11;1-5(2,7)6(3,4)8;2-1(3)4/h1-9H;7-8H,1-4H3;2-4H. The van der Waals surface area contributed by atoms with Gasteiger partial charge in [-0.15, -0.1) is 0 Å². The minimum atomic E-state index is -2.17. The Morgan fingerprint density at radius 3 is 1.50 bits per heavy atom. The molecule has 0 atom stereocenters. The lowest BCUT2D eigenvalue weighted by Crippen LogP contribution is -2.44. The Kier molecular flexibility index (Phi) is 9.42. The Balaban J connectivity index is 0.000000384. The molecular weight excluding hydrogens is 309 g/mol. The monoisotopic (exact) mass is 335 g/mol. The maximum atomic E-state index is 9.10. The first-order valence-corrected chi connectivity index (χ1v) is 7.40. The van der Waals surface area contributed by atoms with Gasteiger partial charge >= 0.3 is 7.32 Å². The zero-order chi connectivity index (χ0) is 18.8. The van der Waals surface area contributed by atoms with Crippen molar-refractivity contribution in [3.63, 3.8) is 0 Å². The van der Waals surface area contributed by atoms with Gasteiger partial charge in [0.1, 0.15) is 0 Å². The van der Waals surface area contributed by atoms with Crippen LogP contribution in [0.3, 0.4) is 0 Å². The van der Waals surface area contributed by atoms with Crippen LogP contribution in [0.1, 0.15) is 27.7 Å². The average Bonchev–Trinajstić information content (AvgIpc) is 2.47. The van der Waals surface area contributed by atoms with E-state index < -0.39 is 18.5 Å². The highest BCUT2D eigenvalue weighted by atomic mass is 16.5. The molecule has 0 fully saturated rings. The highest BCUT2D eigenvalue weighted by Gasteiger charge is 2.31. The van der Waals surface area contributed by atoms with E-state index in [1.807, 2.05) is 42.6 Å². The van der Waals surface area contributed by atoms with E-state index in [0.29, 0.717) is 0 Å². The van der Waals surface area contributed by atoms with E-state index in [1.54, 1.807) is 27.7 Å².